The highest BCUT2D eigenvalue weighted by Crippen LogP contribution is 2.28. The second-order valence-corrected chi connectivity index (χ2v) is 6.03. The van der Waals surface area contributed by atoms with Crippen molar-refractivity contribution in [1.29, 1.82) is 0 Å². The Hall–Kier alpha value is -3.10. The van der Waals surface area contributed by atoms with Gasteiger partial charge in [0.1, 0.15) is 11.3 Å². The van der Waals surface area contributed by atoms with Gasteiger partial charge in [-0.25, -0.2) is 4.79 Å². The van der Waals surface area contributed by atoms with Gasteiger partial charge in [0.15, 0.2) is 5.49 Å². The van der Waals surface area contributed by atoms with Crippen LogP contribution in [0.2, 0.25) is 5.02 Å². The molecule has 3 aromatic rings. The van der Waals surface area contributed by atoms with Crippen molar-refractivity contribution in [2.75, 3.05) is 18.5 Å². The number of para-hydroxylation sites is 2. The molecule has 1 heterocycles. The van der Waals surface area contributed by atoms with Gasteiger partial charge in [0.25, 0.3) is 0 Å². The lowest BCUT2D eigenvalue weighted by Gasteiger charge is -2.11. The molecule has 0 bridgehead atoms. The van der Waals surface area contributed by atoms with Gasteiger partial charge in [-0.3, -0.25) is 4.98 Å². The first-order chi connectivity index (χ1) is 13.1. The molecule has 4 N–H and O–H groups in total. The van der Waals surface area contributed by atoms with E-state index in [-0.39, 0.29) is 5.49 Å². The molecular weight excluding hydrogens is 370 g/mol. The number of nitrogens with two attached hydrogens (primary N) is 1. The van der Waals surface area contributed by atoms with E-state index < -0.39 is 6.03 Å². The molecule has 0 aliphatic rings. The van der Waals surface area contributed by atoms with Gasteiger partial charge in [0.05, 0.1) is 24.0 Å². The lowest BCUT2D eigenvalue weighted by atomic mass is 10.3. The smallest absolute Gasteiger partial charge is 0.347 e. The highest BCUT2D eigenvalue weighted by Gasteiger charge is 2.09. The van der Waals surface area contributed by atoms with Gasteiger partial charge in [0.2, 0.25) is 0 Å². The number of rotatable bonds is 5. The Morgan fingerprint density at radius 2 is 2.15 bits per heavy atom. The van der Waals surface area contributed by atoms with Crippen molar-refractivity contribution < 1.29 is 14.7 Å². The monoisotopic (exact) mass is 387 g/mol. The van der Waals surface area contributed by atoms with Gasteiger partial charge in [-0.1, -0.05) is 23.7 Å². The van der Waals surface area contributed by atoms with Crippen LogP contribution >= 0.6 is 11.6 Å². The lowest BCUT2D eigenvalue weighted by molar-refractivity contribution is 0.184. The van der Waals surface area contributed by atoms with Gasteiger partial charge in [-0.15, -0.1) is 0 Å². The maximum atomic E-state index is 12.3. The largest absolute Gasteiger partial charge is 0.491 e. The van der Waals surface area contributed by atoms with Crippen LogP contribution in [0.25, 0.3) is 11.0 Å². The van der Waals surface area contributed by atoms with E-state index in [1.807, 2.05) is 0 Å². The molecule has 2 amide bonds. The fraction of sp³-hybridized carbons (Fsp3) is 0.167. The predicted octanol–water partition coefficient (Wildman–Crippen LogP) is 2.79. The van der Waals surface area contributed by atoms with Crippen molar-refractivity contribution in [2.24, 2.45) is 10.7 Å². The molecule has 2 aromatic carbocycles. The Morgan fingerprint density at radius 3 is 2.96 bits per heavy atom. The van der Waals surface area contributed by atoms with Crippen molar-refractivity contribution in [1.82, 2.24) is 9.71 Å². The first-order valence-electron chi connectivity index (χ1n) is 8.22. The molecule has 3 rings (SSSR count). The zero-order valence-electron chi connectivity index (χ0n) is 14.3. The average Bonchev–Trinajstić information content (AvgIpc) is 2.66. The van der Waals surface area contributed by atoms with Crippen LogP contribution in [0.15, 0.2) is 53.7 Å². The van der Waals surface area contributed by atoms with Gasteiger partial charge in [-0.05, 0) is 43.3 Å². The third-order valence-electron chi connectivity index (χ3n) is 3.65. The number of carbonyl (C=O) groups excluding carboxylic acids is 1. The second-order valence-electron chi connectivity index (χ2n) is 5.59. The van der Waals surface area contributed by atoms with Crippen LogP contribution in [0, 0.1) is 0 Å². The summed E-state index contributed by atoms with van der Waals surface area (Å²) in [5.74, 6) is 0.449. The molecule has 1 aromatic heterocycles. The molecule has 0 aliphatic heterocycles. The SMILES string of the molecule is NCCCOc1ccc(Cl)cc1NC(=O)N=c1cnc2ccccc2n1O. The summed E-state index contributed by atoms with van der Waals surface area (Å²) >= 11 is 6.00. The quantitative estimate of drug-likeness (QED) is 0.460. The van der Waals surface area contributed by atoms with E-state index in [9.17, 15) is 10.0 Å². The predicted molar refractivity (Wildman–Crippen MR) is 102 cm³/mol. The summed E-state index contributed by atoms with van der Waals surface area (Å²) in [6.45, 7) is 0.902. The standard InChI is InChI=1S/C18H18ClN5O3/c19-12-6-7-16(27-9-3-8-20)14(10-12)22-18(25)23-17-11-21-13-4-1-2-5-15(13)24(17)26/h1-2,4-7,10-11,26H,3,8-9,20H2,(H,22,25). The normalized spacial score (nSPS) is 11.6. The van der Waals surface area contributed by atoms with E-state index in [1.54, 1.807) is 42.5 Å². The molecule has 0 saturated heterocycles. The number of anilines is 1. The summed E-state index contributed by atoms with van der Waals surface area (Å²) in [4.78, 5) is 20.3. The van der Waals surface area contributed by atoms with Crippen molar-refractivity contribution in [2.45, 2.75) is 6.42 Å². The Labute approximate surface area is 159 Å². The number of amides is 2. The number of hydrogen-bond acceptors (Lipinski definition) is 5. The number of ether oxygens (including phenoxy) is 1. The van der Waals surface area contributed by atoms with Crippen LogP contribution in [0.4, 0.5) is 10.5 Å². The van der Waals surface area contributed by atoms with Crippen molar-refractivity contribution in [3.8, 4) is 5.75 Å². The maximum absolute atomic E-state index is 12.3. The van der Waals surface area contributed by atoms with Crippen molar-refractivity contribution in [3.05, 3.63) is 59.2 Å². The number of halogens is 1. The molecule has 0 unspecified atom stereocenters. The van der Waals surface area contributed by atoms with E-state index in [0.717, 1.165) is 4.73 Å². The summed E-state index contributed by atoms with van der Waals surface area (Å²) in [5.41, 5.74) is 6.81. The Balaban J connectivity index is 1.87. The third kappa shape index (κ3) is 4.55. The number of urea groups is 1. The minimum Gasteiger partial charge on any atom is -0.491 e. The number of nitrogens with one attached hydrogen (secondary N) is 1. The van der Waals surface area contributed by atoms with Crippen LogP contribution < -0.4 is 21.3 Å². The van der Waals surface area contributed by atoms with E-state index in [1.165, 1.54) is 6.20 Å². The molecule has 0 spiro atoms. The number of nitrogens with zero attached hydrogens (tertiary/aromatic N) is 3. The second kappa shape index (κ2) is 8.52. The first-order valence-corrected chi connectivity index (χ1v) is 8.60. The van der Waals surface area contributed by atoms with Crippen LogP contribution in [0.3, 0.4) is 0 Å². The summed E-state index contributed by atoms with van der Waals surface area (Å²) in [7, 11) is 0. The number of fused-ring (bicyclic) bond motifs is 1. The molecule has 0 atom stereocenters. The lowest BCUT2D eigenvalue weighted by Crippen LogP contribution is -2.23. The molecule has 27 heavy (non-hydrogen) atoms. The summed E-state index contributed by atoms with van der Waals surface area (Å²) < 4.78 is 6.41. The molecule has 140 valence electrons. The fourth-order valence-corrected chi connectivity index (χ4v) is 2.54. The minimum atomic E-state index is -0.708. The number of aromatic nitrogens is 2. The average molecular weight is 388 g/mol. The minimum absolute atomic E-state index is 0.0150. The Kier molecular flexibility index (Phi) is 5.90. The molecule has 0 aliphatic carbocycles. The molecule has 0 fully saturated rings. The summed E-state index contributed by atoms with van der Waals surface area (Å²) in [6.07, 6.45) is 1.98. The van der Waals surface area contributed by atoms with Gasteiger partial charge < -0.3 is 21.0 Å². The van der Waals surface area contributed by atoms with Crippen LogP contribution in [0.5, 0.6) is 5.75 Å². The zero-order chi connectivity index (χ0) is 19.2. The Bertz CT molecular complexity index is 1030. The van der Waals surface area contributed by atoms with Gasteiger partial charge >= 0.3 is 6.03 Å². The molecular formula is C18H18ClN5O3. The maximum Gasteiger partial charge on any atom is 0.347 e. The molecule has 0 radical (unpaired) electrons. The van der Waals surface area contributed by atoms with E-state index in [4.69, 9.17) is 22.1 Å². The molecule has 8 nitrogen and oxygen atoms in total. The molecule has 0 saturated carbocycles. The van der Waals surface area contributed by atoms with E-state index in [0.29, 0.717) is 47.1 Å². The van der Waals surface area contributed by atoms with Crippen molar-refractivity contribution >= 4 is 34.4 Å². The van der Waals surface area contributed by atoms with Crippen LogP contribution in [0.1, 0.15) is 6.42 Å². The van der Waals surface area contributed by atoms with Crippen molar-refractivity contribution in [3.63, 3.8) is 0 Å². The zero-order valence-corrected chi connectivity index (χ0v) is 15.1. The Morgan fingerprint density at radius 1 is 1.33 bits per heavy atom. The fourth-order valence-electron chi connectivity index (χ4n) is 2.37. The van der Waals surface area contributed by atoms with Crippen LogP contribution in [-0.2, 0) is 0 Å². The first kappa shape index (κ1) is 18.7. The summed E-state index contributed by atoms with van der Waals surface area (Å²) in [6, 6.07) is 11.1. The van der Waals surface area contributed by atoms with E-state index >= 15 is 0 Å². The highest BCUT2D eigenvalue weighted by atomic mass is 35.5. The third-order valence-corrected chi connectivity index (χ3v) is 3.89. The highest BCUT2D eigenvalue weighted by molar-refractivity contribution is 6.31. The summed E-state index contributed by atoms with van der Waals surface area (Å²) in [5, 5.41) is 13.3. The van der Waals surface area contributed by atoms with E-state index in [2.05, 4.69) is 15.3 Å². The topological polar surface area (TPSA) is 115 Å². The van der Waals surface area contributed by atoms with Gasteiger partial charge in [0, 0.05) is 5.02 Å². The molecule has 9 heteroatoms. The number of hydrogen-bond donors (Lipinski definition) is 3. The number of carbonyl (C=O) groups is 1. The van der Waals surface area contributed by atoms with Crippen LogP contribution in [-0.4, -0.2) is 34.1 Å². The number of benzene rings is 2. The van der Waals surface area contributed by atoms with Gasteiger partial charge in [-0.2, -0.15) is 9.72 Å².